The predicted molar refractivity (Wildman–Crippen MR) is 63.9 cm³/mol. The van der Waals surface area contributed by atoms with Crippen LogP contribution in [0.1, 0.15) is 17.9 Å². The molecule has 0 aliphatic carbocycles. The van der Waals surface area contributed by atoms with E-state index in [0.717, 1.165) is 18.1 Å². The second kappa shape index (κ2) is 3.39. The molecule has 2 nitrogen and oxygen atoms in total. The predicted octanol–water partition coefficient (Wildman–Crippen LogP) is 2.24. The monoisotopic (exact) mass is 222 g/mol. The van der Waals surface area contributed by atoms with Crippen molar-refractivity contribution in [3.05, 3.63) is 28.8 Å². The fourth-order valence-corrected chi connectivity index (χ4v) is 3.13. The van der Waals surface area contributed by atoms with Crippen molar-refractivity contribution in [1.82, 2.24) is 5.32 Å². The Bertz CT molecular complexity index is 391. The third-order valence-corrected chi connectivity index (χ3v) is 3.95. The Morgan fingerprint density at radius 1 is 1.47 bits per heavy atom. The number of anilines is 1. The topological polar surface area (TPSA) is 15.3 Å². The number of benzene rings is 1. The molecule has 1 fully saturated rings. The van der Waals surface area contributed by atoms with E-state index in [1.54, 1.807) is 0 Å². The Hall–Kier alpha value is -0.730. The molecule has 0 spiro atoms. The van der Waals surface area contributed by atoms with Crippen molar-refractivity contribution < 1.29 is 0 Å². The molecule has 0 saturated carbocycles. The summed E-state index contributed by atoms with van der Waals surface area (Å²) in [6.07, 6.45) is 1.23. The number of piperidine rings is 1. The van der Waals surface area contributed by atoms with Crippen LogP contribution in [-0.2, 0) is 0 Å². The maximum absolute atomic E-state index is 6.06. The van der Waals surface area contributed by atoms with Gasteiger partial charge in [0, 0.05) is 36.3 Å². The van der Waals surface area contributed by atoms with Gasteiger partial charge in [0.1, 0.15) is 0 Å². The molecule has 1 saturated heterocycles. The van der Waals surface area contributed by atoms with Crippen LogP contribution in [0.15, 0.2) is 18.2 Å². The van der Waals surface area contributed by atoms with Gasteiger partial charge in [0.05, 0.1) is 0 Å². The van der Waals surface area contributed by atoms with Crippen LogP contribution in [0.2, 0.25) is 5.02 Å². The standard InChI is InChI=1S/C12H15ClN2/c1-15-11-3-2-8(13)6-9(11)10-7-14-5-4-12(10)15/h2-3,6,10,12,14H,4-5,7H2,1H3. The second-order valence-electron chi connectivity index (χ2n) is 4.48. The normalized spacial score (nSPS) is 28.8. The second-order valence-corrected chi connectivity index (χ2v) is 4.92. The van der Waals surface area contributed by atoms with E-state index in [9.17, 15) is 0 Å². The molecule has 0 bridgehead atoms. The SMILES string of the molecule is CN1c2ccc(Cl)cc2C2CNCCC21. The average Bonchev–Trinajstić information content (AvgIpc) is 2.54. The van der Waals surface area contributed by atoms with Gasteiger partial charge in [-0.2, -0.15) is 0 Å². The molecule has 2 unspecified atom stereocenters. The summed E-state index contributed by atoms with van der Waals surface area (Å²) in [5, 5.41) is 4.32. The smallest absolute Gasteiger partial charge is 0.0410 e. The summed E-state index contributed by atoms with van der Waals surface area (Å²) in [5.41, 5.74) is 2.78. The summed E-state index contributed by atoms with van der Waals surface area (Å²) in [6, 6.07) is 6.93. The van der Waals surface area contributed by atoms with Gasteiger partial charge in [0.25, 0.3) is 0 Å². The van der Waals surface area contributed by atoms with Gasteiger partial charge in [-0.1, -0.05) is 11.6 Å². The number of likely N-dealkylation sites (N-methyl/N-ethyl adjacent to an activating group) is 1. The fourth-order valence-electron chi connectivity index (χ4n) is 2.95. The molecule has 2 aliphatic rings. The van der Waals surface area contributed by atoms with Crippen molar-refractivity contribution in [3.8, 4) is 0 Å². The minimum atomic E-state index is 0.623. The number of fused-ring (bicyclic) bond motifs is 3. The summed E-state index contributed by atoms with van der Waals surface area (Å²) < 4.78 is 0. The van der Waals surface area contributed by atoms with Crippen molar-refractivity contribution in [1.29, 1.82) is 0 Å². The lowest BCUT2D eigenvalue weighted by atomic mass is 9.90. The zero-order chi connectivity index (χ0) is 10.4. The molecule has 2 aliphatic heterocycles. The minimum absolute atomic E-state index is 0.623. The Morgan fingerprint density at radius 3 is 3.20 bits per heavy atom. The van der Waals surface area contributed by atoms with Gasteiger partial charge in [0.15, 0.2) is 0 Å². The Morgan fingerprint density at radius 2 is 2.33 bits per heavy atom. The number of nitrogens with one attached hydrogen (secondary N) is 1. The van der Waals surface area contributed by atoms with Crippen molar-refractivity contribution in [2.75, 3.05) is 25.0 Å². The highest BCUT2D eigenvalue weighted by Crippen LogP contribution is 2.43. The quantitative estimate of drug-likeness (QED) is 0.724. The van der Waals surface area contributed by atoms with E-state index >= 15 is 0 Å². The van der Waals surface area contributed by atoms with Crippen LogP contribution in [0.25, 0.3) is 0 Å². The average molecular weight is 223 g/mol. The highest BCUT2D eigenvalue weighted by Gasteiger charge is 2.37. The van der Waals surface area contributed by atoms with E-state index in [0.29, 0.717) is 12.0 Å². The molecule has 0 amide bonds. The van der Waals surface area contributed by atoms with Gasteiger partial charge >= 0.3 is 0 Å². The first-order valence-electron chi connectivity index (χ1n) is 5.50. The Balaban J connectivity index is 2.07. The fraction of sp³-hybridized carbons (Fsp3) is 0.500. The molecule has 3 rings (SSSR count). The maximum Gasteiger partial charge on any atom is 0.0410 e. The molecule has 0 radical (unpaired) electrons. The van der Waals surface area contributed by atoms with Crippen molar-refractivity contribution in [2.24, 2.45) is 0 Å². The Kier molecular flexibility index (Phi) is 2.15. The highest BCUT2D eigenvalue weighted by molar-refractivity contribution is 6.30. The minimum Gasteiger partial charge on any atom is -0.371 e. The van der Waals surface area contributed by atoms with Gasteiger partial charge in [0.2, 0.25) is 0 Å². The van der Waals surface area contributed by atoms with Crippen LogP contribution in [0.4, 0.5) is 5.69 Å². The van der Waals surface area contributed by atoms with E-state index in [1.807, 2.05) is 6.07 Å². The van der Waals surface area contributed by atoms with Gasteiger partial charge in [-0.3, -0.25) is 0 Å². The summed E-state index contributed by atoms with van der Waals surface area (Å²) in [6.45, 7) is 2.22. The molecule has 2 heterocycles. The molecule has 1 aromatic carbocycles. The van der Waals surface area contributed by atoms with Crippen molar-refractivity contribution in [3.63, 3.8) is 0 Å². The lowest BCUT2D eigenvalue weighted by Crippen LogP contribution is -2.42. The first kappa shape index (κ1) is 9.49. The lowest BCUT2D eigenvalue weighted by Gasteiger charge is -2.31. The van der Waals surface area contributed by atoms with E-state index in [2.05, 4.69) is 29.4 Å². The number of rotatable bonds is 0. The summed E-state index contributed by atoms with van der Waals surface area (Å²) >= 11 is 6.06. The number of hydrogen-bond acceptors (Lipinski definition) is 2. The van der Waals surface area contributed by atoms with Crippen molar-refractivity contribution >= 4 is 17.3 Å². The molecule has 0 aromatic heterocycles. The summed E-state index contributed by atoms with van der Waals surface area (Å²) in [5.74, 6) is 0.623. The summed E-state index contributed by atoms with van der Waals surface area (Å²) in [7, 11) is 2.20. The molecular weight excluding hydrogens is 208 g/mol. The van der Waals surface area contributed by atoms with Crippen LogP contribution in [0, 0.1) is 0 Å². The first-order chi connectivity index (χ1) is 7.27. The lowest BCUT2D eigenvalue weighted by molar-refractivity contribution is 0.413. The van der Waals surface area contributed by atoms with E-state index in [1.165, 1.54) is 17.7 Å². The zero-order valence-corrected chi connectivity index (χ0v) is 9.59. The molecule has 1 N–H and O–H groups in total. The van der Waals surface area contributed by atoms with E-state index < -0.39 is 0 Å². The Labute approximate surface area is 95.2 Å². The number of hydrogen-bond donors (Lipinski definition) is 1. The van der Waals surface area contributed by atoms with Gasteiger partial charge in [-0.15, -0.1) is 0 Å². The molecule has 80 valence electrons. The van der Waals surface area contributed by atoms with Gasteiger partial charge < -0.3 is 10.2 Å². The molecule has 3 heteroatoms. The van der Waals surface area contributed by atoms with Crippen LogP contribution in [0.5, 0.6) is 0 Å². The van der Waals surface area contributed by atoms with Gasteiger partial charge in [-0.25, -0.2) is 0 Å². The number of nitrogens with zero attached hydrogens (tertiary/aromatic N) is 1. The molecule has 1 aromatic rings. The molecule has 2 atom stereocenters. The largest absolute Gasteiger partial charge is 0.371 e. The van der Waals surface area contributed by atoms with Crippen LogP contribution in [-0.4, -0.2) is 26.2 Å². The van der Waals surface area contributed by atoms with Crippen LogP contribution >= 0.6 is 11.6 Å². The third-order valence-electron chi connectivity index (χ3n) is 3.71. The molecular formula is C12H15ClN2. The van der Waals surface area contributed by atoms with E-state index in [-0.39, 0.29) is 0 Å². The maximum atomic E-state index is 6.06. The van der Waals surface area contributed by atoms with Gasteiger partial charge in [-0.05, 0) is 36.7 Å². The zero-order valence-electron chi connectivity index (χ0n) is 8.83. The third kappa shape index (κ3) is 1.35. The first-order valence-corrected chi connectivity index (χ1v) is 5.88. The van der Waals surface area contributed by atoms with Crippen molar-refractivity contribution in [2.45, 2.75) is 18.4 Å². The summed E-state index contributed by atoms with van der Waals surface area (Å²) in [4.78, 5) is 2.41. The highest BCUT2D eigenvalue weighted by atomic mass is 35.5. The van der Waals surface area contributed by atoms with E-state index in [4.69, 9.17) is 11.6 Å². The number of halogens is 1. The van der Waals surface area contributed by atoms with Crippen LogP contribution < -0.4 is 10.2 Å². The van der Waals surface area contributed by atoms with Crippen LogP contribution in [0.3, 0.4) is 0 Å². The molecule has 15 heavy (non-hydrogen) atoms.